The number of hydrogen-bond acceptors (Lipinski definition) is 4. The van der Waals surface area contributed by atoms with Gasteiger partial charge in [0.25, 0.3) is 5.91 Å². The third-order valence-corrected chi connectivity index (χ3v) is 4.78. The Kier molecular flexibility index (Phi) is 3.87. The fraction of sp³-hybridized carbons (Fsp3) is 0.316. The third kappa shape index (κ3) is 2.73. The molecule has 1 N–H and O–H groups in total. The minimum Gasteiger partial charge on any atom is -0.367 e. The minimum atomic E-state index is -0.119. The number of carbonyl (C=O) groups is 1. The molecule has 2 aromatic heterocycles. The largest absolute Gasteiger partial charge is 0.367 e. The Morgan fingerprint density at radius 1 is 1.32 bits per heavy atom. The molecular formula is C19H21N5O. The van der Waals surface area contributed by atoms with Crippen molar-refractivity contribution in [1.82, 2.24) is 19.9 Å². The van der Waals surface area contributed by atoms with Gasteiger partial charge in [-0.3, -0.25) is 4.79 Å². The molecule has 0 spiro atoms. The van der Waals surface area contributed by atoms with Gasteiger partial charge in [0.05, 0.1) is 5.69 Å². The van der Waals surface area contributed by atoms with E-state index in [0.717, 1.165) is 13.0 Å². The number of nitrogens with zero attached hydrogens (tertiary/aromatic N) is 4. The zero-order valence-electron chi connectivity index (χ0n) is 14.4. The summed E-state index contributed by atoms with van der Waals surface area (Å²) in [7, 11) is 0. The van der Waals surface area contributed by atoms with Crippen LogP contribution in [0.5, 0.6) is 0 Å². The summed E-state index contributed by atoms with van der Waals surface area (Å²) < 4.78 is 1.64. The Hall–Kier alpha value is -2.89. The smallest absolute Gasteiger partial charge is 0.257 e. The lowest BCUT2D eigenvalue weighted by Gasteiger charge is -2.25. The van der Waals surface area contributed by atoms with E-state index < -0.39 is 0 Å². The maximum Gasteiger partial charge on any atom is 0.257 e. The average Bonchev–Trinajstić information content (AvgIpc) is 3.11. The van der Waals surface area contributed by atoms with E-state index in [1.165, 1.54) is 11.3 Å². The molecule has 0 saturated heterocycles. The average molecular weight is 335 g/mol. The number of rotatable bonds is 4. The molecule has 6 nitrogen and oxygen atoms in total. The van der Waals surface area contributed by atoms with Crippen molar-refractivity contribution < 1.29 is 4.79 Å². The lowest BCUT2D eigenvalue weighted by Crippen LogP contribution is -2.38. The zero-order chi connectivity index (χ0) is 17.4. The second-order valence-corrected chi connectivity index (χ2v) is 6.48. The van der Waals surface area contributed by atoms with Crippen molar-refractivity contribution in [2.45, 2.75) is 26.3 Å². The number of para-hydroxylation sites is 1. The predicted octanol–water partition coefficient (Wildman–Crippen LogP) is 2.22. The third-order valence-electron chi connectivity index (χ3n) is 4.78. The topological polar surface area (TPSA) is 62.5 Å². The molecule has 1 unspecified atom stereocenters. The van der Waals surface area contributed by atoms with Crippen molar-refractivity contribution in [1.29, 1.82) is 0 Å². The Labute approximate surface area is 146 Å². The van der Waals surface area contributed by atoms with Crippen molar-refractivity contribution >= 4 is 17.2 Å². The summed E-state index contributed by atoms with van der Waals surface area (Å²) in [5.74, 6) is -0.119. The Balaban J connectivity index is 1.45. The van der Waals surface area contributed by atoms with Crippen LogP contribution in [0.25, 0.3) is 5.65 Å². The van der Waals surface area contributed by atoms with Crippen LogP contribution >= 0.6 is 0 Å². The number of aromatic nitrogens is 3. The zero-order valence-corrected chi connectivity index (χ0v) is 14.4. The van der Waals surface area contributed by atoms with Gasteiger partial charge in [0.1, 0.15) is 5.56 Å². The van der Waals surface area contributed by atoms with Gasteiger partial charge in [0.15, 0.2) is 5.65 Å². The highest BCUT2D eigenvalue weighted by Crippen LogP contribution is 2.31. The second kappa shape index (κ2) is 6.20. The van der Waals surface area contributed by atoms with Crippen LogP contribution in [0.2, 0.25) is 0 Å². The van der Waals surface area contributed by atoms with Gasteiger partial charge >= 0.3 is 0 Å². The van der Waals surface area contributed by atoms with E-state index in [4.69, 9.17) is 0 Å². The van der Waals surface area contributed by atoms with Crippen molar-refractivity contribution in [3.63, 3.8) is 0 Å². The summed E-state index contributed by atoms with van der Waals surface area (Å²) in [6.07, 6.45) is 4.53. The molecule has 25 heavy (non-hydrogen) atoms. The lowest BCUT2D eigenvalue weighted by molar-refractivity contribution is 0.0955. The molecule has 1 atom stereocenters. The van der Waals surface area contributed by atoms with E-state index >= 15 is 0 Å². The minimum absolute atomic E-state index is 0.119. The van der Waals surface area contributed by atoms with Gasteiger partial charge in [-0.15, -0.1) is 0 Å². The van der Waals surface area contributed by atoms with Crippen LogP contribution in [-0.2, 0) is 6.42 Å². The molecule has 1 aliphatic rings. The summed E-state index contributed by atoms with van der Waals surface area (Å²) in [5.41, 5.74) is 4.49. The van der Waals surface area contributed by atoms with E-state index in [9.17, 15) is 4.79 Å². The highest BCUT2D eigenvalue weighted by Gasteiger charge is 2.25. The molecule has 0 aliphatic carbocycles. The maximum atomic E-state index is 12.6. The van der Waals surface area contributed by atoms with Crippen LogP contribution in [-0.4, -0.2) is 39.6 Å². The molecule has 0 fully saturated rings. The van der Waals surface area contributed by atoms with Gasteiger partial charge < -0.3 is 10.2 Å². The van der Waals surface area contributed by atoms with Gasteiger partial charge in [-0.2, -0.15) is 5.10 Å². The Bertz CT molecular complexity index is 932. The first-order valence-electron chi connectivity index (χ1n) is 8.58. The first-order valence-corrected chi connectivity index (χ1v) is 8.58. The van der Waals surface area contributed by atoms with Gasteiger partial charge in [-0.05, 0) is 38.0 Å². The standard InChI is InChI=1S/C19H21N5O/c1-13-12-15-6-3-4-7-16(15)23(13)11-9-21-19(25)17-14(2)22-24-10-5-8-20-18(17)24/h3-8,10,13H,9,11-12H2,1-2H3,(H,21,25). The summed E-state index contributed by atoms with van der Waals surface area (Å²) >= 11 is 0. The molecule has 1 aromatic carbocycles. The number of anilines is 1. The number of carbonyl (C=O) groups excluding carboxylic acids is 1. The number of fused-ring (bicyclic) bond motifs is 2. The molecule has 1 aliphatic heterocycles. The van der Waals surface area contributed by atoms with Gasteiger partial charge in [0.2, 0.25) is 0 Å². The fourth-order valence-electron chi connectivity index (χ4n) is 3.61. The molecule has 6 heteroatoms. The van der Waals surface area contributed by atoms with Gasteiger partial charge in [-0.1, -0.05) is 18.2 Å². The number of benzene rings is 1. The van der Waals surface area contributed by atoms with E-state index in [0.29, 0.717) is 29.5 Å². The Morgan fingerprint density at radius 3 is 3.04 bits per heavy atom. The molecule has 1 amide bonds. The molecular weight excluding hydrogens is 314 g/mol. The van der Waals surface area contributed by atoms with Crippen molar-refractivity contribution in [2.24, 2.45) is 0 Å². The van der Waals surface area contributed by atoms with Crippen molar-refractivity contribution in [3.05, 3.63) is 59.5 Å². The molecule has 0 radical (unpaired) electrons. The molecule has 0 saturated carbocycles. The summed E-state index contributed by atoms with van der Waals surface area (Å²) in [6, 6.07) is 10.7. The van der Waals surface area contributed by atoms with Crippen LogP contribution in [0, 0.1) is 6.92 Å². The second-order valence-electron chi connectivity index (χ2n) is 6.48. The SMILES string of the molecule is Cc1nn2cccnc2c1C(=O)NCCN1c2ccccc2CC1C. The molecule has 128 valence electrons. The molecule has 3 aromatic rings. The normalized spacial score (nSPS) is 16.2. The lowest BCUT2D eigenvalue weighted by atomic mass is 10.1. The summed E-state index contributed by atoms with van der Waals surface area (Å²) in [6.45, 7) is 5.43. The fourth-order valence-corrected chi connectivity index (χ4v) is 3.61. The summed E-state index contributed by atoms with van der Waals surface area (Å²) in [4.78, 5) is 19.3. The maximum absolute atomic E-state index is 12.6. The van der Waals surface area contributed by atoms with Gasteiger partial charge in [-0.25, -0.2) is 9.50 Å². The van der Waals surface area contributed by atoms with E-state index in [1.807, 2.05) is 6.92 Å². The molecule has 4 rings (SSSR count). The van der Waals surface area contributed by atoms with Crippen LogP contribution < -0.4 is 10.2 Å². The number of amides is 1. The van der Waals surface area contributed by atoms with Crippen molar-refractivity contribution in [3.8, 4) is 0 Å². The first-order chi connectivity index (χ1) is 12.1. The van der Waals surface area contributed by atoms with Crippen molar-refractivity contribution in [2.75, 3.05) is 18.0 Å². The Morgan fingerprint density at radius 2 is 2.16 bits per heavy atom. The van der Waals surface area contributed by atoms with Gasteiger partial charge in [0, 0.05) is 37.2 Å². The number of aryl methyl sites for hydroxylation is 1. The van der Waals surface area contributed by atoms with Crippen LogP contribution in [0.15, 0.2) is 42.7 Å². The molecule has 3 heterocycles. The first kappa shape index (κ1) is 15.6. The van der Waals surface area contributed by atoms with E-state index in [2.05, 4.69) is 51.5 Å². The van der Waals surface area contributed by atoms with Crippen LogP contribution in [0.1, 0.15) is 28.5 Å². The van der Waals surface area contributed by atoms with E-state index in [1.54, 1.807) is 23.0 Å². The quantitative estimate of drug-likeness (QED) is 0.794. The highest BCUT2D eigenvalue weighted by molar-refractivity contribution is 6.00. The summed E-state index contributed by atoms with van der Waals surface area (Å²) in [5, 5.41) is 7.37. The number of hydrogen-bond donors (Lipinski definition) is 1. The van der Waals surface area contributed by atoms with Crippen LogP contribution in [0.3, 0.4) is 0 Å². The number of nitrogens with one attached hydrogen (secondary N) is 1. The molecule has 0 bridgehead atoms. The van der Waals surface area contributed by atoms with Crippen LogP contribution in [0.4, 0.5) is 5.69 Å². The monoisotopic (exact) mass is 335 g/mol. The predicted molar refractivity (Wildman–Crippen MR) is 97.0 cm³/mol. The highest BCUT2D eigenvalue weighted by atomic mass is 16.1. The van der Waals surface area contributed by atoms with E-state index in [-0.39, 0.29) is 5.91 Å².